The smallest absolute Gasteiger partial charge is 0.309 e. The van der Waals surface area contributed by atoms with Crippen molar-refractivity contribution in [3.05, 3.63) is 23.8 Å². The van der Waals surface area contributed by atoms with E-state index in [1.807, 2.05) is 13.8 Å². The number of ketones is 2. The standard InChI is InChI=1S/C31H42O9/c1-7-29(36)13-12-18-22(19(32)14-17-10-9-11-20(33)27(17,18)5)30(37)24(34)23-26(4)15-21(39-25(35)16(26)3)28(6,38-8-2)31(23,29)40-30/h9,11,14,16,18-19,21-23,32,36-37H,7-8,10,12-13,15H2,1-6H3/t16-,18?,19-,21?,22?,23?,26-,27+,28+,29+,30?,31+/m1/s1. The number of carbonyl (C=O) groups excluding carboxylic acids is 3. The first kappa shape index (κ1) is 28.2. The summed E-state index contributed by atoms with van der Waals surface area (Å²) < 4.78 is 19.1. The van der Waals surface area contributed by atoms with E-state index in [1.165, 1.54) is 6.08 Å². The van der Waals surface area contributed by atoms with Gasteiger partial charge in [0.25, 0.3) is 0 Å². The molecule has 3 saturated heterocycles. The molecule has 4 bridgehead atoms. The molecule has 3 aliphatic heterocycles. The van der Waals surface area contributed by atoms with Crippen LogP contribution in [0.3, 0.4) is 0 Å². The monoisotopic (exact) mass is 558 g/mol. The van der Waals surface area contributed by atoms with Gasteiger partial charge in [-0.2, -0.15) is 0 Å². The van der Waals surface area contributed by atoms with Crippen LogP contribution in [-0.4, -0.2) is 74.3 Å². The van der Waals surface area contributed by atoms with Crippen molar-refractivity contribution in [2.75, 3.05) is 6.61 Å². The van der Waals surface area contributed by atoms with Crippen molar-refractivity contribution in [3.8, 4) is 0 Å². The molecule has 0 amide bonds. The lowest BCUT2D eigenvalue weighted by atomic mass is 9.45. The largest absolute Gasteiger partial charge is 0.459 e. The Bertz CT molecular complexity index is 1240. The Labute approximate surface area is 234 Å². The molecule has 3 N–H and O–H groups in total. The number of Topliss-reactive ketones (excluding diaryl/α,β-unsaturated/α-hetero) is 1. The van der Waals surface area contributed by atoms with E-state index in [1.54, 1.807) is 39.8 Å². The lowest BCUT2D eigenvalue weighted by Gasteiger charge is -2.67. The summed E-state index contributed by atoms with van der Waals surface area (Å²) in [5.74, 6) is -7.58. The number of fused-ring (bicyclic) bond motifs is 8. The van der Waals surface area contributed by atoms with Crippen LogP contribution in [0.2, 0.25) is 0 Å². The lowest BCUT2D eigenvalue weighted by Crippen LogP contribution is -2.81. The molecule has 6 rings (SSSR count). The van der Waals surface area contributed by atoms with E-state index in [0.29, 0.717) is 6.42 Å². The highest BCUT2D eigenvalue weighted by molar-refractivity contribution is 5.99. The van der Waals surface area contributed by atoms with Crippen LogP contribution < -0.4 is 0 Å². The van der Waals surface area contributed by atoms with Crippen molar-refractivity contribution >= 4 is 17.5 Å². The molecule has 0 aromatic rings. The number of allylic oxidation sites excluding steroid dienone is 3. The van der Waals surface area contributed by atoms with Gasteiger partial charge in [0.2, 0.25) is 5.79 Å². The third-order valence-electron chi connectivity index (χ3n) is 12.3. The third-order valence-corrected chi connectivity index (χ3v) is 12.3. The highest BCUT2D eigenvalue weighted by atomic mass is 16.7. The fourth-order valence-electron chi connectivity index (χ4n) is 9.90. The highest BCUT2D eigenvalue weighted by Gasteiger charge is 2.86. The van der Waals surface area contributed by atoms with E-state index in [-0.39, 0.29) is 38.1 Å². The number of aliphatic hydroxyl groups is 3. The maximum Gasteiger partial charge on any atom is 0.309 e. The van der Waals surface area contributed by atoms with E-state index >= 15 is 0 Å². The van der Waals surface area contributed by atoms with Gasteiger partial charge in [-0.3, -0.25) is 14.4 Å². The second-order valence-electron chi connectivity index (χ2n) is 13.6. The Hall–Kier alpha value is -1.91. The van der Waals surface area contributed by atoms with Crippen LogP contribution in [-0.2, 0) is 28.6 Å². The van der Waals surface area contributed by atoms with Gasteiger partial charge in [0, 0.05) is 6.61 Å². The molecule has 1 saturated carbocycles. The number of hydrogen-bond acceptors (Lipinski definition) is 9. The topological polar surface area (TPSA) is 140 Å². The third kappa shape index (κ3) is 2.89. The molecule has 220 valence electrons. The molecule has 9 nitrogen and oxygen atoms in total. The number of esters is 1. The summed E-state index contributed by atoms with van der Waals surface area (Å²) in [4.78, 5) is 41.6. The van der Waals surface area contributed by atoms with Crippen LogP contribution in [0.15, 0.2) is 23.8 Å². The molecule has 0 radical (unpaired) electrons. The van der Waals surface area contributed by atoms with Gasteiger partial charge < -0.3 is 29.5 Å². The zero-order valence-corrected chi connectivity index (χ0v) is 24.2. The first-order chi connectivity index (χ1) is 18.6. The van der Waals surface area contributed by atoms with Gasteiger partial charge in [0.1, 0.15) is 17.3 Å². The van der Waals surface area contributed by atoms with E-state index in [9.17, 15) is 29.7 Å². The predicted octanol–water partition coefficient (Wildman–Crippen LogP) is 2.40. The molecule has 3 aliphatic carbocycles. The van der Waals surface area contributed by atoms with Gasteiger partial charge in [0.15, 0.2) is 11.6 Å². The molecule has 0 aromatic heterocycles. The Kier molecular flexibility index (Phi) is 5.89. The molecule has 4 fully saturated rings. The van der Waals surface area contributed by atoms with Gasteiger partial charge >= 0.3 is 5.97 Å². The van der Waals surface area contributed by atoms with Crippen molar-refractivity contribution in [1.82, 2.24) is 0 Å². The van der Waals surface area contributed by atoms with Gasteiger partial charge in [-0.05, 0) is 70.3 Å². The van der Waals surface area contributed by atoms with Crippen LogP contribution in [0.4, 0.5) is 0 Å². The minimum Gasteiger partial charge on any atom is -0.459 e. The van der Waals surface area contributed by atoms with Crippen LogP contribution in [0.5, 0.6) is 0 Å². The van der Waals surface area contributed by atoms with Gasteiger partial charge in [-0.15, -0.1) is 0 Å². The van der Waals surface area contributed by atoms with Gasteiger partial charge in [-0.25, -0.2) is 0 Å². The normalized spacial score (nSPS) is 54.9. The second-order valence-corrected chi connectivity index (χ2v) is 13.6. The van der Waals surface area contributed by atoms with E-state index in [2.05, 4.69) is 0 Å². The first-order valence-corrected chi connectivity index (χ1v) is 14.8. The average Bonchev–Trinajstić information content (AvgIpc) is 3.16. The summed E-state index contributed by atoms with van der Waals surface area (Å²) in [6.07, 6.45) is 4.08. The molecule has 40 heavy (non-hydrogen) atoms. The van der Waals surface area contributed by atoms with Crippen LogP contribution >= 0.6 is 0 Å². The summed E-state index contributed by atoms with van der Waals surface area (Å²) >= 11 is 0. The molecule has 6 aliphatic rings. The summed E-state index contributed by atoms with van der Waals surface area (Å²) in [5, 5.41) is 37.0. The molecule has 12 atom stereocenters. The van der Waals surface area contributed by atoms with Crippen molar-refractivity contribution in [2.45, 2.75) is 108 Å². The number of hydrogen-bond donors (Lipinski definition) is 3. The van der Waals surface area contributed by atoms with Crippen molar-refractivity contribution in [1.29, 1.82) is 0 Å². The molecular formula is C31H42O9. The minimum absolute atomic E-state index is 0.130. The minimum atomic E-state index is -2.55. The summed E-state index contributed by atoms with van der Waals surface area (Å²) in [7, 11) is 0. The molecule has 0 aromatic carbocycles. The fourth-order valence-corrected chi connectivity index (χ4v) is 9.90. The summed E-state index contributed by atoms with van der Waals surface area (Å²) in [6, 6.07) is 0. The quantitative estimate of drug-likeness (QED) is 0.352. The van der Waals surface area contributed by atoms with Crippen molar-refractivity contribution in [3.63, 3.8) is 0 Å². The van der Waals surface area contributed by atoms with E-state index in [0.717, 1.165) is 5.57 Å². The van der Waals surface area contributed by atoms with Crippen LogP contribution in [0.1, 0.15) is 73.6 Å². The Morgan fingerprint density at radius 1 is 1.12 bits per heavy atom. The molecule has 9 heteroatoms. The molecule has 3 heterocycles. The Morgan fingerprint density at radius 2 is 1.82 bits per heavy atom. The Morgan fingerprint density at radius 3 is 2.48 bits per heavy atom. The molecular weight excluding hydrogens is 516 g/mol. The SMILES string of the molecule is CCO[C@@]1(C)C2C[C@@](C)(C3C(=O)C4(O)O[C@@]31[C@](O)(CC)CCC1C4[C@H](O)C=C3CC=CC(=O)[C@@]31C)[C@H](C)C(=O)O2. The van der Waals surface area contributed by atoms with Gasteiger partial charge in [0.05, 0.1) is 34.9 Å². The number of rotatable bonds is 3. The zero-order valence-electron chi connectivity index (χ0n) is 24.2. The molecule has 1 spiro atoms. The van der Waals surface area contributed by atoms with E-state index in [4.69, 9.17) is 14.2 Å². The first-order valence-electron chi connectivity index (χ1n) is 14.8. The maximum absolute atomic E-state index is 14.9. The van der Waals surface area contributed by atoms with Crippen LogP contribution in [0, 0.1) is 34.5 Å². The van der Waals surface area contributed by atoms with Crippen molar-refractivity contribution < 1.29 is 43.9 Å². The fraction of sp³-hybridized carbons (Fsp3) is 0.774. The predicted molar refractivity (Wildman–Crippen MR) is 141 cm³/mol. The maximum atomic E-state index is 14.9. The zero-order chi connectivity index (χ0) is 29.3. The summed E-state index contributed by atoms with van der Waals surface area (Å²) in [5.41, 5.74) is -6.37. The van der Waals surface area contributed by atoms with Gasteiger partial charge in [-0.1, -0.05) is 38.5 Å². The van der Waals surface area contributed by atoms with Crippen molar-refractivity contribution in [2.24, 2.45) is 34.5 Å². The Balaban J connectivity index is 1.65. The number of aliphatic hydroxyl groups excluding tert-OH is 1. The second kappa shape index (κ2) is 8.34. The van der Waals surface area contributed by atoms with Crippen LogP contribution in [0.25, 0.3) is 0 Å². The number of carbonyl (C=O) groups is 3. The summed E-state index contributed by atoms with van der Waals surface area (Å²) in [6.45, 7) is 10.8. The lowest BCUT2D eigenvalue weighted by molar-refractivity contribution is -0.390. The molecule has 5 unspecified atom stereocenters. The average molecular weight is 559 g/mol. The number of ether oxygens (including phenoxy) is 3. The highest BCUT2D eigenvalue weighted by Crippen LogP contribution is 2.71. The van der Waals surface area contributed by atoms with E-state index < -0.39 is 81.1 Å².